The average molecular weight is 433 g/mol. The second-order valence-corrected chi connectivity index (χ2v) is 10.9. The maximum Gasteiger partial charge on any atom is 0.252 e. The summed E-state index contributed by atoms with van der Waals surface area (Å²) in [4.78, 5) is 18.8. The molecule has 5 nitrogen and oxygen atoms in total. The Labute approximate surface area is 173 Å². The molecule has 8 heteroatoms. The molecular formula is C21H21FN2O3S2. The van der Waals surface area contributed by atoms with E-state index in [2.05, 4.69) is 4.99 Å². The van der Waals surface area contributed by atoms with Crippen molar-refractivity contribution in [3.63, 3.8) is 0 Å². The molecule has 0 spiro atoms. The van der Waals surface area contributed by atoms with Crippen molar-refractivity contribution in [2.75, 3.05) is 11.5 Å². The first kappa shape index (κ1) is 20.1. The van der Waals surface area contributed by atoms with Gasteiger partial charge >= 0.3 is 0 Å². The van der Waals surface area contributed by atoms with Gasteiger partial charge in [0.25, 0.3) is 5.91 Å². The molecule has 0 aliphatic carbocycles. The molecule has 2 aliphatic heterocycles. The number of benzene rings is 2. The first-order valence-electron chi connectivity index (χ1n) is 9.34. The Kier molecular flexibility index (Phi) is 5.48. The Balaban J connectivity index is 1.56. The third kappa shape index (κ3) is 4.70. The summed E-state index contributed by atoms with van der Waals surface area (Å²) in [6.45, 7) is 2.52. The third-order valence-corrected chi connectivity index (χ3v) is 8.38. The summed E-state index contributed by atoms with van der Waals surface area (Å²) >= 11 is 1.37. The molecule has 0 N–H and O–H groups in total. The minimum Gasteiger partial charge on any atom is -0.342 e. The van der Waals surface area contributed by atoms with E-state index < -0.39 is 9.84 Å². The Morgan fingerprint density at radius 1 is 1.10 bits per heavy atom. The monoisotopic (exact) mass is 432 g/mol. The molecule has 0 radical (unpaired) electrons. The zero-order chi connectivity index (χ0) is 20.6. The number of rotatable bonds is 4. The van der Waals surface area contributed by atoms with Crippen LogP contribution < -0.4 is 0 Å². The number of amides is 1. The van der Waals surface area contributed by atoms with Crippen molar-refractivity contribution < 1.29 is 17.6 Å². The van der Waals surface area contributed by atoms with Crippen LogP contribution in [0.3, 0.4) is 0 Å². The Morgan fingerprint density at radius 3 is 2.45 bits per heavy atom. The predicted octanol–water partition coefficient (Wildman–Crippen LogP) is 2.97. The molecule has 29 heavy (non-hydrogen) atoms. The third-order valence-electron chi connectivity index (χ3n) is 5.14. The van der Waals surface area contributed by atoms with Gasteiger partial charge in [-0.3, -0.25) is 4.79 Å². The van der Waals surface area contributed by atoms with Crippen LogP contribution in [-0.4, -0.2) is 47.2 Å². The van der Waals surface area contributed by atoms with E-state index in [-0.39, 0.29) is 40.9 Å². The van der Waals surface area contributed by atoms with Crippen molar-refractivity contribution in [3.8, 4) is 0 Å². The van der Waals surface area contributed by atoms with Crippen LogP contribution in [0.1, 0.15) is 16.7 Å². The SMILES string of the molecule is Cc1ccc(CN2C(=NC(=O)Cc3ccc(F)cc3)S[C@@H]3CS(=O)(=O)C[C@H]32)cc1. The van der Waals surface area contributed by atoms with E-state index in [0.29, 0.717) is 17.3 Å². The standard InChI is InChI=1S/C21H21FN2O3S2/c1-14-2-4-16(5-3-14)11-24-18-12-29(26,27)13-19(18)28-21(24)23-20(25)10-15-6-8-17(22)9-7-15/h2-9,18-19H,10-13H2,1H3/t18-,19-/m1/s1. The molecule has 152 valence electrons. The number of hydrogen-bond donors (Lipinski definition) is 0. The maximum atomic E-state index is 13.1. The van der Waals surface area contributed by atoms with Crippen molar-refractivity contribution in [3.05, 3.63) is 71.0 Å². The first-order valence-corrected chi connectivity index (χ1v) is 12.0. The normalized spacial score (nSPS) is 24.1. The van der Waals surface area contributed by atoms with E-state index in [1.54, 1.807) is 12.1 Å². The summed E-state index contributed by atoms with van der Waals surface area (Å²) in [5.74, 6) is -0.479. The molecule has 1 amide bonds. The minimum atomic E-state index is -3.08. The predicted molar refractivity (Wildman–Crippen MR) is 113 cm³/mol. The second-order valence-electron chi connectivity index (χ2n) is 7.51. The van der Waals surface area contributed by atoms with Gasteiger partial charge in [0.2, 0.25) is 0 Å². The number of carbonyl (C=O) groups excluding carboxylic acids is 1. The summed E-state index contributed by atoms with van der Waals surface area (Å²) in [6, 6.07) is 13.6. The number of thioether (sulfide) groups is 1. The fourth-order valence-electron chi connectivity index (χ4n) is 3.63. The highest BCUT2D eigenvalue weighted by Gasteiger charge is 2.48. The van der Waals surface area contributed by atoms with Gasteiger partial charge in [0.1, 0.15) is 5.82 Å². The number of aliphatic imine (C=N–C) groups is 1. The molecule has 0 unspecified atom stereocenters. The number of amidine groups is 1. The molecule has 2 heterocycles. The second kappa shape index (κ2) is 7.91. The maximum absolute atomic E-state index is 13.1. The molecule has 0 saturated carbocycles. The van der Waals surface area contributed by atoms with Gasteiger partial charge in [0.15, 0.2) is 15.0 Å². The number of halogens is 1. The van der Waals surface area contributed by atoms with Crippen LogP contribution in [0.25, 0.3) is 0 Å². The molecule has 0 aromatic heterocycles. The highest BCUT2D eigenvalue weighted by Crippen LogP contribution is 2.39. The number of fused-ring (bicyclic) bond motifs is 1. The number of aryl methyl sites for hydroxylation is 1. The fraction of sp³-hybridized carbons (Fsp3) is 0.333. The van der Waals surface area contributed by atoms with Crippen LogP contribution in [0.5, 0.6) is 0 Å². The van der Waals surface area contributed by atoms with Gasteiger partial charge in [0.05, 0.1) is 24.0 Å². The highest BCUT2D eigenvalue weighted by atomic mass is 32.2. The van der Waals surface area contributed by atoms with Crippen LogP contribution >= 0.6 is 11.8 Å². The van der Waals surface area contributed by atoms with Gasteiger partial charge in [-0.25, -0.2) is 12.8 Å². The first-order chi connectivity index (χ1) is 13.8. The summed E-state index contributed by atoms with van der Waals surface area (Å²) in [5, 5.41) is 0.463. The van der Waals surface area contributed by atoms with Gasteiger partial charge in [-0.2, -0.15) is 4.99 Å². The molecular weight excluding hydrogens is 411 g/mol. The van der Waals surface area contributed by atoms with Crippen LogP contribution in [0.15, 0.2) is 53.5 Å². The van der Waals surface area contributed by atoms with Crippen molar-refractivity contribution in [2.45, 2.75) is 31.2 Å². The zero-order valence-corrected chi connectivity index (χ0v) is 17.5. The van der Waals surface area contributed by atoms with Gasteiger partial charge in [-0.15, -0.1) is 0 Å². The molecule has 2 atom stereocenters. The van der Waals surface area contributed by atoms with Gasteiger partial charge in [0, 0.05) is 11.8 Å². The van der Waals surface area contributed by atoms with Crippen molar-refractivity contribution in [2.24, 2.45) is 4.99 Å². The lowest BCUT2D eigenvalue weighted by Crippen LogP contribution is -2.37. The highest BCUT2D eigenvalue weighted by molar-refractivity contribution is 8.15. The van der Waals surface area contributed by atoms with Gasteiger partial charge < -0.3 is 4.90 Å². The largest absolute Gasteiger partial charge is 0.342 e. The van der Waals surface area contributed by atoms with Gasteiger partial charge in [-0.1, -0.05) is 53.7 Å². The summed E-state index contributed by atoms with van der Waals surface area (Å²) in [5.41, 5.74) is 2.88. The molecule has 2 saturated heterocycles. The van der Waals surface area contributed by atoms with E-state index >= 15 is 0 Å². The van der Waals surface area contributed by atoms with Crippen molar-refractivity contribution in [1.82, 2.24) is 4.90 Å². The molecule has 0 bridgehead atoms. The molecule has 2 fully saturated rings. The summed E-state index contributed by atoms with van der Waals surface area (Å²) < 4.78 is 37.3. The van der Waals surface area contributed by atoms with Crippen LogP contribution in [0.2, 0.25) is 0 Å². The summed E-state index contributed by atoms with van der Waals surface area (Å²) in [6.07, 6.45) is 0.0797. The van der Waals surface area contributed by atoms with E-state index in [9.17, 15) is 17.6 Å². The number of carbonyl (C=O) groups is 1. The fourth-order valence-corrected chi connectivity index (χ4v) is 7.60. The van der Waals surface area contributed by atoms with Gasteiger partial charge in [-0.05, 0) is 30.2 Å². The average Bonchev–Trinajstić information content (AvgIpc) is 3.11. The quantitative estimate of drug-likeness (QED) is 0.743. The Hall–Kier alpha value is -2.19. The molecule has 2 aliphatic rings. The molecule has 2 aromatic rings. The lowest BCUT2D eigenvalue weighted by Gasteiger charge is -2.24. The lowest BCUT2D eigenvalue weighted by atomic mass is 10.1. The Bertz CT molecular complexity index is 1050. The number of sulfone groups is 1. The van der Waals surface area contributed by atoms with Crippen LogP contribution in [0.4, 0.5) is 4.39 Å². The van der Waals surface area contributed by atoms with E-state index in [1.807, 2.05) is 36.1 Å². The summed E-state index contributed by atoms with van der Waals surface area (Å²) in [7, 11) is -3.08. The minimum absolute atomic E-state index is 0.0797. The molecule has 2 aromatic carbocycles. The van der Waals surface area contributed by atoms with Crippen molar-refractivity contribution >= 4 is 32.7 Å². The topological polar surface area (TPSA) is 66.8 Å². The Morgan fingerprint density at radius 2 is 1.76 bits per heavy atom. The zero-order valence-electron chi connectivity index (χ0n) is 15.9. The van der Waals surface area contributed by atoms with E-state index in [0.717, 1.165) is 11.1 Å². The van der Waals surface area contributed by atoms with Crippen LogP contribution in [-0.2, 0) is 27.6 Å². The smallest absolute Gasteiger partial charge is 0.252 e. The van der Waals surface area contributed by atoms with Crippen LogP contribution in [0, 0.1) is 12.7 Å². The number of hydrogen-bond acceptors (Lipinski definition) is 4. The van der Waals surface area contributed by atoms with E-state index in [1.165, 1.54) is 23.9 Å². The lowest BCUT2D eigenvalue weighted by molar-refractivity contribution is -0.117. The van der Waals surface area contributed by atoms with Crippen molar-refractivity contribution in [1.29, 1.82) is 0 Å². The van der Waals surface area contributed by atoms with E-state index in [4.69, 9.17) is 0 Å². The molecule has 4 rings (SSSR count). The number of nitrogens with zero attached hydrogens (tertiary/aromatic N) is 2.